The van der Waals surface area contributed by atoms with Gasteiger partial charge in [0.05, 0.1) is 0 Å². The SMILES string of the molecule is CN1CCCCC(CN2CCCC3CCCCC32)CC1. The van der Waals surface area contributed by atoms with E-state index in [0.717, 1.165) is 17.9 Å². The number of fused-ring (bicyclic) bond motifs is 1. The smallest absolute Gasteiger partial charge is 0.0124 e. The second kappa shape index (κ2) is 7.26. The first-order chi connectivity index (χ1) is 9.83. The van der Waals surface area contributed by atoms with E-state index < -0.39 is 0 Å². The van der Waals surface area contributed by atoms with Gasteiger partial charge in [-0.05, 0) is 83.5 Å². The molecule has 2 heteroatoms. The van der Waals surface area contributed by atoms with Crippen LogP contribution in [0.5, 0.6) is 0 Å². The van der Waals surface area contributed by atoms with Crippen molar-refractivity contribution in [2.75, 3.05) is 33.2 Å². The van der Waals surface area contributed by atoms with Gasteiger partial charge in [-0.25, -0.2) is 0 Å². The van der Waals surface area contributed by atoms with Crippen LogP contribution in [0.25, 0.3) is 0 Å². The number of piperidine rings is 1. The second-order valence-electron chi connectivity index (χ2n) is 7.70. The average molecular weight is 278 g/mol. The molecular formula is C18H34N2. The van der Waals surface area contributed by atoms with Gasteiger partial charge in [0, 0.05) is 12.6 Å². The van der Waals surface area contributed by atoms with Gasteiger partial charge in [-0.2, -0.15) is 0 Å². The third-order valence-corrected chi connectivity index (χ3v) is 6.17. The molecule has 1 aliphatic carbocycles. The van der Waals surface area contributed by atoms with E-state index in [2.05, 4.69) is 16.8 Å². The molecule has 3 aliphatic rings. The lowest BCUT2D eigenvalue weighted by Crippen LogP contribution is -2.48. The number of hydrogen-bond acceptors (Lipinski definition) is 2. The zero-order valence-corrected chi connectivity index (χ0v) is 13.5. The maximum absolute atomic E-state index is 2.92. The minimum atomic E-state index is 0.959. The summed E-state index contributed by atoms with van der Waals surface area (Å²) >= 11 is 0. The standard InChI is InChI=1S/C18H34N2/c1-19-12-5-4-7-16(11-14-19)15-20-13-6-9-17-8-2-3-10-18(17)20/h16-18H,2-15H2,1H3. The Labute approximate surface area is 125 Å². The molecule has 0 bridgehead atoms. The van der Waals surface area contributed by atoms with Crippen molar-refractivity contribution in [3.63, 3.8) is 0 Å². The summed E-state index contributed by atoms with van der Waals surface area (Å²) < 4.78 is 0. The van der Waals surface area contributed by atoms with Crippen LogP contribution >= 0.6 is 0 Å². The van der Waals surface area contributed by atoms with Crippen LogP contribution < -0.4 is 0 Å². The molecule has 2 saturated heterocycles. The van der Waals surface area contributed by atoms with Crippen molar-refractivity contribution < 1.29 is 0 Å². The topological polar surface area (TPSA) is 6.48 Å². The van der Waals surface area contributed by atoms with Crippen molar-refractivity contribution in [2.24, 2.45) is 11.8 Å². The van der Waals surface area contributed by atoms with Gasteiger partial charge in [-0.15, -0.1) is 0 Å². The molecule has 2 aliphatic heterocycles. The molecule has 3 atom stereocenters. The first kappa shape index (κ1) is 14.8. The third kappa shape index (κ3) is 3.76. The molecule has 2 nitrogen and oxygen atoms in total. The van der Waals surface area contributed by atoms with Crippen LogP contribution in [-0.4, -0.2) is 49.1 Å². The number of likely N-dealkylation sites (tertiary alicyclic amines) is 2. The lowest BCUT2D eigenvalue weighted by Gasteiger charge is -2.45. The summed E-state index contributed by atoms with van der Waals surface area (Å²) in [6, 6.07) is 0.959. The van der Waals surface area contributed by atoms with Gasteiger partial charge in [-0.3, -0.25) is 4.90 Å². The fraction of sp³-hybridized carbons (Fsp3) is 1.00. The molecule has 20 heavy (non-hydrogen) atoms. The van der Waals surface area contributed by atoms with Crippen molar-refractivity contribution in [1.82, 2.24) is 9.80 Å². The predicted molar refractivity (Wildman–Crippen MR) is 86.0 cm³/mol. The second-order valence-corrected chi connectivity index (χ2v) is 7.70. The molecule has 116 valence electrons. The van der Waals surface area contributed by atoms with Gasteiger partial charge < -0.3 is 4.90 Å². The molecule has 0 aromatic rings. The maximum Gasteiger partial charge on any atom is 0.0124 e. The summed E-state index contributed by atoms with van der Waals surface area (Å²) in [6.07, 6.45) is 14.8. The highest BCUT2D eigenvalue weighted by Gasteiger charge is 2.33. The van der Waals surface area contributed by atoms with Crippen LogP contribution in [-0.2, 0) is 0 Å². The van der Waals surface area contributed by atoms with Crippen molar-refractivity contribution in [3.8, 4) is 0 Å². The molecule has 1 saturated carbocycles. The maximum atomic E-state index is 2.92. The lowest BCUT2D eigenvalue weighted by atomic mass is 9.78. The van der Waals surface area contributed by atoms with Gasteiger partial charge in [0.25, 0.3) is 0 Å². The summed E-state index contributed by atoms with van der Waals surface area (Å²) in [5, 5.41) is 0. The Kier molecular flexibility index (Phi) is 5.39. The Morgan fingerprint density at radius 1 is 0.750 bits per heavy atom. The van der Waals surface area contributed by atoms with Gasteiger partial charge in [-0.1, -0.05) is 19.3 Å². The summed E-state index contributed by atoms with van der Waals surface area (Å²) in [6.45, 7) is 5.45. The minimum absolute atomic E-state index is 0.959. The Morgan fingerprint density at radius 3 is 2.50 bits per heavy atom. The van der Waals surface area contributed by atoms with Gasteiger partial charge in [0.1, 0.15) is 0 Å². The van der Waals surface area contributed by atoms with Crippen molar-refractivity contribution >= 4 is 0 Å². The largest absolute Gasteiger partial charge is 0.306 e. The molecule has 0 N–H and O–H groups in total. The Hall–Kier alpha value is -0.0800. The highest BCUT2D eigenvalue weighted by Crippen LogP contribution is 2.36. The molecule has 2 heterocycles. The predicted octanol–water partition coefficient (Wildman–Crippen LogP) is 3.76. The molecular weight excluding hydrogens is 244 g/mol. The van der Waals surface area contributed by atoms with Crippen LogP contribution in [0, 0.1) is 11.8 Å². The average Bonchev–Trinajstić information content (AvgIpc) is 2.47. The normalized spacial score (nSPS) is 38.0. The first-order valence-electron chi connectivity index (χ1n) is 9.25. The van der Waals surface area contributed by atoms with Crippen molar-refractivity contribution in [2.45, 2.75) is 70.3 Å². The minimum Gasteiger partial charge on any atom is -0.306 e. The molecule has 0 aromatic carbocycles. The molecule has 0 radical (unpaired) electrons. The highest BCUT2D eigenvalue weighted by atomic mass is 15.2. The van der Waals surface area contributed by atoms with Gasteiger partial charge in [0.15, 0.2) is 0 Å². The number of hydrogen-bond donors (Lipinski definition) is 0. The molecule has 3 fully saturated rings. The fourth-order valence-electron chi connectivity index (χ4n) is 4.94. The molecule has 0 amide bonds. The van der Waals surface area contributed by atoms with Gasteiger partial charge >= 0.3 is 0 Å². The fourth-order valence-corrected chi connectivity index (χ4v) is 4.94. The van der Waals surface area contributed by atoms with E-state index in [1.165, 1.54) is 90.4 Å². The van der Waals surface area contributed by atoms with Crippen LogP contribution in [0.2, 0.25) is 0 Å². The van der Waals surface area contributed by atoms with E-state index >= 15 is 0 Å². The van der Waals surface area contributed by atoms with Crippen molar-refractivity contribution in [3.05, 3.63) is 0 Å². The molecule has 0 spiro atoms. The zero-order chi connectivity index (χ0) is 13.8. The summed E-state index contributed by atoms with van der Waals surface area (Å²) in [7, 11) is 2.31. The van der Waals surface area contributed by atoms with Crippen LogP contribution in [0.3, 0.4) is 0 Å². The van der Waals surface area contributed by atoms with Crippen LogP contribution in [0.15, 0.2) is 0 Å². The molecule has 3 unspecified atom stereocenters. The Morgan fingerprint density at radius 2 is 1.55 bits per heavy atom. The molecule has 0 aromatic heterocycles. The summed E-state index contributed by atoms with van der Waals surface area (Å²) in [4.78, 5) is 5.46. The van der Waals surface area contributed by atoms with E-state index in [0.29, 0.717) is 0 Å². The molecule has 3 rings (SSSR count). The Balaban J connectivity index is 1.54. The Bertz CT molecular complexity index is 289. The van der Waals surface area contributed by atoms with Gasteiger partial charge in [0.2, 0.25) is 0 Å². The highest BCUT2D eigenvalue weighted by molar-refractivity contribution is 4.88. The van der Waals surface area contributed by atoms with E-state index in [4.69, 9.17) is 0 Å². The van der Waals surface area contributed by atoms with E-state index in [1.807, 2.05) is 0 Å². The quantitative estimate of drug-likeness (QED) is 0.759. The van der Waals surface area contributed by atoms with Crippen molar-refractivity contribution in [1.29, 1.82) is 0 Å². The lowest BCUT2D eigenvalue weighted by molar-refractivity contribution is 0.0428. The monoisotopic (exact) mass is 278 g/mol. The zero-order valence-electron chi connectivity index (χ0n) is 13.5. The number of rotatable bonds is 2. The van der Waals surface area contributed by atoms with Crippen LogP contribution in [0.1, 0.15) is 64.2 Å². The number of nitrogens with zero attached hydrogens (tertiary/aromatic N) is 2. The van der Waals surface area contributed by atoms with E-state index in [9.17, 15) is 0 Å². The third-order valence-electron chi connectivity index (χ3n) is 6.17. The van der Waals surface area contributed by atoms with Crippen LogP contribution in [0.4, 0.5) is 0 Å². The summed E-state index contributed by atoms with van der Waals surface area (Å²) in [5.74, 6) is 2.02. The van der Waals surface area contributed by atoms with E-state index in [-0.39, 0.29) is 0 Å². The first-order valence-corrected chi connectivity index (χ1v) is 9.25. The summed E-state index contributed by atoms with van der Waals surface area (Å²) in [5.41, 5.74) is 0. The van der Waals surface area contributed by atoms with E-state index in [1.54, 1.807) is 0 Å².